The molecule has 5 heteroatoms. The number of nitrogens with zero attached hydrogens (tertiary/aromatic N) is 3. The monoisotopic (exact) mass is 255 g/mol. The summed E-state index contributed by atoms with van der Waals surface area (Å²) < 4.78 is 8.11. The van der Waals surface area contributed by atoms with Gasteiger partial charge in [0.1, 0.15) is 5.82 Å². The van der Waals surface area contributed by atoms with Gasteiger partial charge in [-0.15, -0.1) is 0 Å². The van der Waals surface area contributed by atoms with Gasteiger partial charge in [-0.2, -0.15) is 5.10 Å². The summed E-state index contributed by atoms with van der Waals surface area (Å²) in [6.07, 6.45) is 1.85. The summed E-state index contributed by atoms with van der Waals surface area (Å²) in [6.45, 7) is 4.42. The summed E-state index contributed by atoms with van der Waals surface area (Å²) in [6, 6.07) is 1.89. The van der Waals surface area contributed by atoms with E-state index in [1.165, 1.54) is 0 Å². The molecule has 2 aromatic rings. The van der Waals surface area contributed by atoms with Crippen molar-refractivity contribution in [1.29, 1.82) is 0 Å². The smallest absolute Gasteiger partial charge is 0.199 e. The zero-order valence-corrected chi connectivity index (χ0v) is 9.58. The van der Waals surface area contributed by atoms with Gasteiger partial charge in [-0.3, -0.25) is 0 Å². The van der Waals surface area contributed by atoms with Gasteiger partial charge in [0.05, 0.1) is 11.1 Å². The molecule has 2 rings (SSSR count). The minimum absolute atomic E-state index is 0.615. The van der Waals surface area contributed by atoms with Gasteiger partial charge in [-0.05, 0) is 35.8 Å². The fourth-order valence-corrected chi connectivity index (χ4v) is 1.70. The lowest BCUT2D eigenvalue weighted by molar-refractivity contribution is 0.340. The molecular formula is C9H10BrN3O. The van der Waals surface area contributed by atoms with Crippen LogP contribution in [-0.4, -0.2) is 21.2 Å². The maximum atomic E-state index is 5.49. The predicted molar refractivity (Wildman–Crippen MR) is 56.6 cm³/mol. The van der Waals surface area contributed by atoms with Crippen LogP contribution in [0, 0.1) is 6.92 Å². The van der Waals surface area contributed by atoms with Crippen molar-refractivity contribution in [1.82, 2.24) is 14.6 Å². The number of hydrogen-bond acceptors (Lipinski definition) is 3. The first-order chi connectivity index (χ1) is 6.72. The summed E-state index contributed by atoms with van der Waals surface area (Å²) in [4.78, 5) is 4.29. The average Bonchev–Trinajstić information content (AvgIpc) is 2.51. The average molecular weight is 256 g/mol. The van der Waals surface area contributed by atoms with Crippen LogP contribution in [-0.2, 0) is 0 Å². The normalized spacial score (nSPS) is 10.8. The van der Waals surface area contributed by atoms with Crippen LogP contribution in [0.3, 0.4) is 0 Å². The summed E-state index contributed by atoms with van der Waals surface area (Å²) in [7, 11) is 0. The molecule has 0 spiro atoms. The molecule has 4 nitrogen and oxygen atoms in total. The Hall–Kier alpha value is -1.10. The van der Waals surface area contributed by atoms with Gasteiger partial charge in [0.2, 0.25) is 0 Å². The van der Waals surface area contributed by atoms with Crippen molar-refractivity contribution in [2.45, 2.75) is 13.8 Å². The second-order valence-electron chi connectivity index (χ2n) is 2.85. The van der Waals surface area contributed by atoms with E-state index in [-0.39, 0.29) is 0 Å². The molecule has 0 amide bonds. The number of aromatic nitrogens is 3. The molecule has 2 heterocycles. The van der Waals surface area contributed by atoms with Crippen molar-refractivity contribution in [2.24, 2.45) is 0 Å². The molecule has 0 N–H and O–H groups in total. The lowest BCUT2D eigenvalue weighted by Crippen LogP contribution is -1.97. The van der Waals surface area contributed by atoms with E-state index in [0.717, 1.165) is 21.7 Å². The van der Waals surface area contributed by atoms with E-state index < -0.39 is 0 Å². The third-order valence-electron chi connectivity index (χ3n) is 1.81. The Labute approximate surface area is 90.0 Å². The second kappa shape index (κ2) is 3.57. The van der Waals surface area contributed by atoms with E-state index in [0.29, 0.717) is 6.61 Å². The van der Waals surface area contributed by atoms with E-state index in [9.17, 15) is 0 Å². The number of hydrogen-bond donors (Lipinski definition) is 0. The van der Waals surface area contributed by atoms with Crippen molar-refractivity contribution in [3.63, 3.8) is 0 Å². The number of aryl methyl sites for hydroxylation is 1. The number of pyridine rings is 1. The lowest BCUT2D eigenvalue weighted by Gasteiger charge is -2.05. The number of rotatable bonds is 2. The van der Waals surface area contributed by atoms with Crippen LogP contribution < -0.4 is 4.74 Å². The molecule has 14 heavy (non-hydrogen) atoms. The quantitative estimate of drug-likeness (QED) is 0.826. The Bertz CT molecular complexity index is 466. The SMILES string of the molecule is CCOc1c(Br)ccn2nc(C)nc12. The molecule has 0 unspecified atom stereocenters. The Morgan fingerprint density at radius 1 is 1.57 bits per heavy atom. The fraction of sp³-hybridized carbons (Fsp3) is 0.333. The standard InChI is InChI=1S/C9H10BrN3O/c1-3-14-8-7(10)4-5-13-9(8)11-6(2)12-13/h4-5H,3H2,1-2H3. The molecule has 0 aromatic carbocycles. The summed E-state index contributed by atoms with van der Waals surface area (Å²) in [5.41, 5.74) is 0.749. The van der Waals surface area contributed by atoms with E-state index in [4.69, 9.17) is 4.74 Å². The van der Waals surface area contributed by atoms with Gasteiger partial charge in [0.15, 0.2) is 11.4 Å². The highest BCUT2D eigenvalue weighted by Crippen LogP contribution is 2.28. The number of halogens is 1. The Morgan fingerprint density at radius 3 is 3.07 bits per heavy atom. The number of ether oxygens (including phenoxy) is 1. The molecule has 2 aromatic heterocycles. The third kappa shape index (κ3) is 1.48. The van der Waals surface area contributed by atoms with E-state index in [1.54, 1.807) is 4.52 Å². The Kier molecular flexibility index (Phi) is 2.41. The first-order valence-corrected chi connectivity index (χ1v) is 5.16. The lowest BCUT2D eigenvalue weighted by atomic mass is 10.4. The Morgan fingerprint density at radius 2 is 2.36 bits per heavy atom. The van der Waals surface area contributed by atoms with Crippen LogP contribution in [0.5, 0.6) is 5.75 Å². The molecule has 0 radical (unpaired) electrons. The minimum atomic E-state index is 0.615. The molecule has 0 bridgehead atoms. The van der Waals surface area contributed by atoms with Crippen LogP contribution >= 0.6 is 15.9 Å². The van der Waals surface area contributed by atoms with Crippen LogP contribution in [0.25, 0.3) is 5.65 Å². The molecule has 0 aliphatic heterocycles. The molecule has 0 aliphatic rings. The highest BCUT2D eigenvalue weighted by atomic mass is 79.9. The molecule has 0 aliphatic carbocycles. The molecule has 0 fully saturated rings. The Balaban J connectivity index is 2.68. The van der Waals surface area contributed by atoms with Gasteiger partial charge < -0.3 is 4.74 Å². The first kappa shape index (κ1) is 9.45. The molecule has 74 valence electrons. The summed E-state index contributed by atoms with van der Waals surface area (Å²) in [5, 5.41) is 4.20. The zero-order chi connectivity index (χ0) is 10.1. The van der Waals surface area contributed by atoms with Crippen molar-refractivity contribution in [3.8, 4) is 5.75 Å². The predicted octanol–water partition coefficient (Wildman–Crippen LogP) is 2.20. The maximum absolute atomic E-state index is 5.49. The third-order valence-corrected chi connectivity index (χ3v) is 2.43. The van der Waals surface area contributed by atoms with Gasteiger partial charge >= 0.3 is 0 Å². The maximum Gasteiger partial charge on any atom is 0.199 e. The molecule has 0 atom stereocenters. The van der Waals surface area contributed by atoms with Crippen LogP contribution in [0.1, 0.15) is 12.7 Å². The van der Waals surface area contributed by atoms with Gasteiger partial charge in [0, 0.05) is 6.20 Å². The minimum Gasteiger partial charge on any atom is -0.489 e. The van der Waals surface area contributed by atoms with Gasteiger partial charge in [-0.25, -0.2) is 9.50 Å². The zero-order valence-electron chi connectivity index (χ0n) is 7.99. The van der Waals surface area contributed by atoms with Crippen LogP contribution in [0.2, 0.25) is 0 Å². The molecule has 0 saturated heterocycles. The van der Waals surface area contributed by atoms with Gasteiger partial charge in [0.25, 0.3) is 0 Å². The van der Waals surface area contributed by atoms with Crippen LogP contribution in [0.15, 0.2) is 16.7 Å². The summed E-state index contributed by atoms with van der Waals surface area (Å²) >= 11 is 3.42. The first-order valence-electron chi connectivity index (χ1n) is 4.36. The van der Waals surface area contributed by atoms with Crippen molar-refractivity contribution < 1.29 is 4.74 Å². The van der Waals surface area contributed by atoms with E-state index >= 15 is 0 Å². The van der Waals surface area contributed by atoms with Crippen molar-refractivity contribution in [2.75, 3.05) is 6.61 Å². The fourth-order valence-electron chi connectivity index (χ4n) is 1.29. The second-order valence-corrected chi connectivity index (χ2v) is 3.71. The van der Waals surface area contributed by atoms with Crippen molar-refractivity contribution in [3.05, 3.63) is 22.6 Å². The summed E-state index contributed by atoms with van der Waals surface area (Å²) in [5.74, 6) is 1.49. The van der Waals surface area contributed by atoms with Crippen molar-refractivity contribution >= 4 is 21.6 Å². The highest BCUT2D eigenvalue weighted by Gasteiger charge is 2.10. The largest absolute Gasteiger partial charge is 0.489 e. The van der Waals surface area contributed by atoms with E-state index in [2.05, 4.69) is 26.0 Å². The molecule has 0 saturated carbocycles. The number of fused-ring (bicyclic) bond motifs is 1. The van der Waals surface area contributed by atoms with E-state index in [1.807, 2.05) is 26.1 Å². The molecular weight excluding hydrogens is 246 g/mol. The topological polar surface area (TPSA) is 39.4 Å². The van der Waals surface area contributed by atoms with Crippen LogP contribution in [0.4, 0.5) is 0 Å². The van der Waals surface area contributed by atoms with Gasteiger partial charge in [-0.1, -0.05) is 0 Å². The highest BCUT2D eigenvalue weighted by molar-refractivity contribution is 9.10.